The quantitative estimate of drug-likeness (QED) is 0.866. The summed E-state index contributed by atoms with van der Waals surface area (Å²) < 4.78 is 0. The van der Waals surface area contributed by atoms with Crippen molar-refractivity contribution in [3.05, 3.63) is 35.4 Å². The first-order valence-corrected chi connectivity index (χ1v) is 7.27. The van der Waals surface area contributed by atoms with Crippen molar-refractivity contribution in [2.24, 2.45) is 11.7 Å². The van der Waals surface area contributed by atoms with Crippen LogP contribution in [0.1, 0.15) is 43.9 Å². The van der Waals surface area contributed by atoms with Gasteiger partial charge in [-0.15, -0.1) is 0 Å². The standard InChI is InChI=1S/C16H24N2/c1-11(2)14-8-5-9-18(14)15-10-12-6-3-4-7-13(12)16(15)17/h3-4,6-7,11,14-16H,5,8-10,17H2,1-2H3. The minimum atomic E-state index is 0.209. The Kier molecular flexibility index (Phi) is 3.16. The molecular weight excluding hydrogens is 220 g/mol. The minimum Gasteiger partial charge on any atom is -0.323 e. The topological polar surface area (TPSA) is 29.3 Å². The van der Waals surface area contributed by atoms with Gasteiger partial charge >= 0.3 is 0 Å². The van der Waals surface area contributed by atoms with E-state index >= 15 is 0 Å². The molecule has 2 aliphatic rings. The molecule has 2 nitrogen and oxygen atoms in total. The Labute approximate surface area is 110 Å². The molecule has 2 N–H and O–H groups in total. The third-order valence-electron chi connectivity index (χ3n) is 4.80. The fraction of sp³-hybridized carbons (Fsp3) is 0.625. The molecule has 0 bridgehead atoms. The summed E-state index contributed by atoms with van der Waals surface area (Å²) in [4.78, 5) is 2.69. The van der Waals surface area contributed by atoms with E-state index in [9.17, 15) is 0 Å². The van der Waals surface area contributed by atoms with Gasteiger partial charge in [-0.3, -0.25) is 4.90 Å². The summed E-state index contributed by atoms with van der Waals surface area (Å²) >= 11 is 0. The molecule has 0 spiro atoms. The third kappa shape index (κ3) is 1.88. The Morgan fingerprint density at radius 1 is 1.28 bits per heavy atom. The SMILES string of the molecule is CC(C)C1CCCN1C1Cc2ccccc2C1N. The first-order valence-electron chi connectivity index (χ1n) is 7.27. The zero-order valence-corrected chi connectivity index (χ0v) is 11.5. The zero-order chi connectivity index (χ0) is 12.7. The van der Waals surface area contributed by atoms with Crippen LogP contribution in [0.4, 0.5) is 0 Å². The van der Waals surface area contributed by atoms with E-state index in [1.807, 2.05) is 0 Å². The van der Waals surface area contributed by atoms with Crippen molar-refractivity contribution in [1.29, 1.82) is 0 Å². The van der Waals surface area contributed by atoms with E-state index in [4.69, 9.17) is 5.73 Å². The van der Waals surface area contributed by atoms with Crippen LogP contribution in [0.3, 0.4) is 0 Å². The highest BCUT2D eigenvalue weighted by Gasteiger charge is 2.39. The van der Waals surface area contributed by atoms with E-state index in [2.05, 4.69) is 43.0 Å². The fourth-order valence-corrected chi connectivity index (χ4v) is 3.87. The van der Waals surface area contributed by atoms with Crippen LogP contribution >= 0.6 is 0 Å². The molecule has 1 heterocycles. The van der Waals surface area contributed by atoms with Crippen molar-refractivity contribution in [2.45, 2.75) is 51.2 Å². The first kappa shape index (κ1) is 12.2. The molecular formula is C16H24N2. The number of nitrogens with zero attached hydrogens (tertiary/aromatic N) is 1. The molecule has 0 amide bonds. The molecule has 1 aliphatic carbocycles. The van der Waals surface area contributed by atoms with Gasteiger partial charge in [0.15, 0.2) is 0 Å². The maximum atomic E-state index is 6.49. The second-order valence-electron chi connectivity index (χ2n) is 6.19. The summed E-state index contributed by atoms with van der Waals surface area (Å²) in [6, 6.07) is 10.2. The second-order valence-corrected chi connectivity index (χ2v) is 6.19. The van der Waals surface area contributed by atoms with Crippen molar-refractivity contribution in [2.75, 3.05) is 6.54 Å². The summed E-state index contributed by atoms with van der Waals surface area (Å²) in [5.41, 5.74) is 9.33. The van der Waals surface area contributed by atoms with Gasteiger partial charge in [-0.2, -0.15) is 0 Å². The molecule has 0 saturated carbocycles. The van der Waals surface area contributed by atoms with Crippen molar-refractivity contribution in [3.63, 3.8) is 0 Å². The Morgan fingerprint density at radius 2 is 2.06 bits per heavy atom. The lowest BCUT2D eigenvalue weighted by Gasteiger charge is -2.35. The van der Waals surface area contributed by atoms with Crippen LogP contribution in [0.15, 0.2) is 24.3 Å². The van der Waals surface area contributed by atoms with Crippen molar-refractivity contribution in [1.82, 2.24) is 4.90 Å². The van der Waals surface area contributed by atoms with Crippen molar-refractivity contribution < 1.29 is 0 Å². The van der Waals surface area contributed by atoms with E-state index in [1.54, 1.807) is 0 Å². The number of nitrogens with two attached hydrogens (primary N) is 1. The van der Waals surface area contributed by atoms with Crippen LogP contribution in [0.5, 0.6) is 0 Å². The van der Waals surface area contributed by atoms with Gasteiger partial charge in [-0.25, -0.2) is 0 Å². The summed E-state index contributed by atoms with van der Waals surface area (Å²) in [5.74, 6) is 0.739. The van der Waals surface area contributed by atoms with Gasteiger partial charge in [0.05, 0.1) is 0 Å². The summed E-state index contributed by atoms with van der Waals surface area (Å²) in [5, 5.41) is 0. The van der Waals surface area contributed by atoms with Crippen LogP contribution in [0.25, 0.3) is 0 Å². The predicted octanol–water partition coefficient (Wildman–Crippen LogP) is 2.73. The lowest BCUT2D eigenvalue weighted by molar-refractivity contribution is 0.133. The average molecular weight is 244 g/mol. The van der Waals surface area contributed by atoms with E-state index in [-0.39, 0.29) is 6.04 Å². The molecule has 3 unspecified atom stereocenters. The van der Waals surface area contributed by atoms with Crippen LogP contribution in [-0.4, -0.2) is 23.5 Å². The second kappa shape index (κ2) is 4.67. The molecule has 3 atom stereocenters. The van der Waals surface area contributed by atoms with Gasteiger partial charge in [0.1, 0.15) is 0 Å². The first-order chi connectivity index (χ1) is 8.68. The summed E-state index contributed by atoms with van der Waals surface area (Å²) in [7, 11) is 0. The molecule has 0 radical (unpaired) electrons. The summed E-state index contributed by atoms with van der Waals surface area (Å²) in [6.07, 6.45) is 3.82. The maximum Gasteiger partial charge on any atom is 0.0459 e. The lowest BCUT2D eigenvalue weighted by Crippen LogP contribution is -2.45. The molecule has 18 heavy (non-hydrogen) atoms. The Hall–Kier alpha value is -0.860. The van der Waals surface area contributed by atoms with Gasteiger partial charge in [-0.05, 0) is 42.9 Å². The normalized spacial score (nSPS) is 32.1. The monoisotopic (exact) mass is 244 g/mol. The van der Waals surface area contributed by atoms with E-state index in [1.165, 1.54) is 30.5 Å². The molecule has 98 valence electrons. The van der Waals surface area contributed by atoms with E-state index in [0.29, 0.717) is 6.04 Å². The Morgan fingerprint density at radius 3 is 2.78 bits per heavy atom. The summed E-state index contributed by atoms with van der Waals surface area (Å²) in [6.45, 7) is 5.92. The number of fused-ring (bicyclic) bond motifs is 1. The van der Waals surface area contributed by atoms with Gasteiger partial charge in [-0.1, -0.05) is 38.1 Å². The van der Waals surface area contributed by atoms with Gasteiger partial charge in [0, 0.05) is 18.1 Å². The number of hydrogen-bond acceptors (Lipinski definition) is 2. The Balaban J connectivity index is 1.83. The molecule has 1 aromatic carbocycles. The molecule has 1 fully saturated rings. The number of rotatable bonds is 2. The van der Waals surface area contributed by atoms with Crippen LogP contribution < -0.4 is 5.73 Å². The maximum absolute atomic E-state index is 6.49. The van der Waals surface area contributed by atoms with E-state index < -0.39 is 0 Å². The third-order valence-corrected chi connectivity index (χ3v) is 4.80. The number of likely N-dealkylation sites (tertiary alicyclic amines) is 1. The van der Waals surface area contributed by atoms with Crippen LogP contribution in [0.2, 0.25) is 0 Å². The highest BCUT2D eigenvalue weighted by molar-refractivity contribution is 5.37. The largest absolute Gasteiger partial charge is 0.323 e. The number of hydrogen-bond donors (Lipinski definition) is 1. The van der Waals surface area contributed by atoms with Gasteiger partial charge in [0.2, 0.25) is 0 Å². The molecule has 1 aliphatic heterocycles. The molecule has 3 rings (SSSR count). The van der Waals surface area contributed by atoms with Gasteiger partial charge < -0.3 is 5.73 Å². The molecule has 2 heteroatoms. The predicted molar refractivity (Wildman–Crippen MR) is 75.4 cm³/mol. The fourth-order valence-electron chi connectivity index (χ4n) is 3.87. The number of benzene rings is 1. The highest BCUT2D eigenvalue weighted by Crippen LogP contribution is 2.37. The average Bonchev–Trinajstić information content (AvgIpc) is 2.94. The van der Waals surface area contributed by atoms with Crippen molar-refractivity contribution >= 4 is 0 Å². The minimum absolute atomic E-state index is 0.209. The van der Waals surface area contributed by atoms with E-state index in [0.717, 1.165) is 18.4 Å². The highest BCUT2D eigenvalue weighted by atomic mass is 15.2. The smallest absolute Gasteiger partial charge is 0.0459 e. The molecule has 0 aromatic heterocycles. The molecule has 1 aromatic rings. The Bertz CT molecular complexity index is 427. The molecule has 1 saturated heterocycles. The van der Waals surface area contributed by atoms with Gasteiger partial charge in [0.25, 0.3) is 0 Å². The van der Waals surface area contributed by atoms with Crippen molar-refractivity contribution in [3.8, 4) is 0 Å². The lowest BCUT2D eigenvalue weighted by atomic mass is 9.99. The van der Waals surface area contributed by atoms with Crippen LogP contribution in [0, 0.1) is 5.92 Å². The van der Waals surface area contributed by atoms with Crippen LogP contribution in [-0.2, 0) is 6.42 Å². The zero-order valence-electron chi connectivity index (χ0n) is 11.5.